The SMILES string of the molecule is Cc1ccc(OCCCCn2c(CCCNC(=O)c3ccncc3)nc3ccccc32)cc1. The van der Waals surface area contributed by atoms with Crippen LogP contribution in [0.25, 0.3) is 11.0 Å². The van der Waals surface area contributed by atoms with Crippen molar-refractivity contribution in [1.82, 2.24) is 19.9 Å². The van der Waals surface area contributed by atoms with Crippen LogP contribution >= 0.6 is 0 Å². The van der Waals surface area contributed by atoms with Gasteiger partial charge in [-0.25, -0.2) is 4.98 Å². The van der Waals surface area contributed by atoms with Gasteiger partial charge in [-0.2, -0.15) is 0 Å². The molecule has 0 aliphatic rings. The maximum absolute atomic E-state index is 12.2. The maximum atomic E-state index is 12.2. The zero-order valence-corrected chi connectivity index (χ0v) is 19.0. The summed E-state index contributed by atoms with van der Waals surface area (Å²) in [5, 5.41) is 2.98. The van der Waals surface area contributed by atoms with Crippen LogP contribution in [-0.2, 0) is 13.0 Å². The van der Waals surface area contributed by atoms with E-state index in [9.17, 15) is 4.79 Å². The number of nitrogens with one attached hydrogen (secondary N) is 1. The minimum Gasteiger partial charge on any atom is -0.494 e. The molecule has 4 aromatic rings. The van der Waals surface area contributed by atoms with Crippen LogP contribution in [0.4, 0.5) is 0 Å². The highest BCUT2D eigenvalue weighted by molar-refractivity contribution is 5.93. The van der Waals surface area contributed by atoms with E-state index in [0.717, 1.165) is 54.8 Å². The predicted octanol–water partition coefficient (Wildman–Crippen LogP) is 4.96. The van der Waals surface area contributed by atoms with Crippen molar-refractivity contribution in [2.75, 3.05) is 13.2 Å². The first-order chi connectivity index (χ1) is 16.2. The normalized spacial score (nSPS) is 10.9. The summed E-state index contributed by atoms with van der Waals surface area (Å²) < 4.78 is 8.18. The predicted molar refractivity (Wildman–Crippen MR) is 131 cm³/mol. The molecule has 2 aromatic heterocycles. The van der Waals surface area contributed by atoms with Gasteiger partial charge in [0.15, 0.2) is 0 Å². The molecule has 33 heavy (non-hydrogen) atoms. The molecule has 0 radical (unpaired) electrons. The van der Waals surface area contributed by atoms with Crippen molar-refractivity contribution in [2.45, 2.75) is 39.2 Å². The van der Waals surface area contributed by atoms with Gasteiger partial charge in [0.05, 0.1) is 17.6 Å². The molecule has 0 bridgehead atoms. The number of hydrogen-bond donors (Lipinski definition) is 1. The van der Waals surface area contributed by atoms with E-state index < -0.39 is 0 Å². The number of pyridine rings is 1. The molecule has 170 valence electrons. The topological polar surface area (TPSA) is 69.0 Å². The summed E-state index contributed by atoms with van der Waals surface area (Å²) in [6, 6.07) is 19.9. The van der Waals surface area contributed by atoms with Gasteiger partial charge in [-0.15, -0.1) is 0 Å². The molecular weight excluding hydrogens is 412 g/mol. The van der Waals surface area contributed by atoms with E-state index in [1.165, 1.54) is 5.56 Å². The lowest BCUT2D eigenvalue weighted by Gasteiger charge is -2.11. The quantitative estimate of drug-likeness (QED) is 0.333. The first-order valence-corrected chi connectivity index (χ1v) is 11.5. The second-order valence-corrected chi connectivity index (χ2v) is 8.13. The minimum absolute atomic E-state index is 0.0699. The summed E-state index contributed by atoms with van der Waals surface area (Å²) in [4.78, 5) is 21.0. The lowest BCUT2D eigenvalue weighted by atomic mass is 10.2. The summed E-state index contributed by atoms with van der Waals surface area (Å²) in [7, 11) is 0. The fourth-order valence-electron chi connectivity index (χ4n) is 3.82. The number of benzene rings is 2. The second-order valence-electron chi connectivity index (χ2n) is 8.13. The first kappa shape index (κ1) is 22.5. The van der Waals surface area contributed by atoms with Crippen molar-refractivity contribution in [1.29, 1.82) is 0 Å². The van der Waals surface area contributed by atoms with E-state index in [1.54, 1.807) is 24.5 Å². The highest BCUT2D eigenvalue weighted by atomic mass is 16.5. The van der Waals surface area contributed by atoms with Crippen molar-refractivity contribution < 1.29 is 9.53 Å². The van der Waals surface area contributed by atoms with Gasteiger partial charge in [-0.1, -0.05) is 29.8 Å². The van der Waals surface area contributed by atoms with Crippen LogP contribution in [0.2, 0.25) is 0 Å². The number of carbonyl (C=O) groups is 1. The van der Waals surface area contributed by atoms with Gasteiger partial charge in [-0.3, -0.25) is 9.78 Å². The highest BCUT2D eigenvalue weighted by Crippen LogP contribution is 2.18. The van der Waals surface area contributed by atoms with E-state index in [-0.39, 0.29) is 5.91 Å². The number of amides is 1. The molecule has 2 heterocycles. The summed E-state index contributed by atoms with van der Waals surface area (Å²) >= 11 is 0. The molecule has 4 rings (SSSR count). The summed E-state index contributed by atoms with van der Waals surface area (Å²) in [5.74, 6) is 1.91. The van der Waals surface area contributed by atoms with Crippen LogP contribution in [0, 0.1) is 6.92 Å². The number of nitrogens with zero attached hydrogens (tertiary/aromatic N) is 3. The summed E-state index contributed by atoms with van der Waals surface area (Å²) in [6.45, 7) is 4.28. The Labute approximate surface area is 194 Å². The molecule has 0 unspecified atom stereocenters. The van der Waals surface area contributed by atoms with E-state index in [2.05, 4.69) is 52.1 Å². The summed E-state index contributed by atoms with van der Waals surface area (Å²) in [5.41, 5.74) is 4.04. The molecule has 2 aromatic carbocycles. The van der Waals surface area contributed by atoms with Gasteiger partial charge in [0.25, 0.3) is 5.91 Å². The van der Waals surface area contributed by atoms with Crippen LogP contribution in [0.5, 0.6) is 5.75 Å². The maximum Gasteiger partial charge on any atom is 0.251 e. The van der Waals surface area contributed by atoms with Crippen molar-refractivity contribution in [3.8, 4) is 5.75 Å². The molecule has 1 amide bonds. The van der Waals surface area contributed by atoms with Crippen LogP contribution < -0.4 is 10.1 Å². The molecule has 6 nitrogen and oxygen atoms in total. The van der Waals surface area contributed by atoms with Gasteiger partial charge >= 0.3 is 0 Å². The number of carbonyl (C=O) groups excluding carboxylic acids is 1. The molecular formula is C27H30N4O2. The lowest BCUT2D eigenvalue weighted by Crippen LogP contribution is -2.25. The van der Waals surface area contributed by atoms with E-state index in [0.29, 0.717) is 18.7 Å². The van der Waals surface area contributed by atoms with Crippen LogP contribution in [0.1, 0.15) is 41.0 Å². The molecule has 0 saturated carbocycles. The third kappa shape index (κ3) is 6.19. The Morgan fingerprint density at radius 3 is 2.58 bits per heavy atom. The first-order valence-electron chi connectivity index (χ1n) is 11.5. The fourth-order valence-corrected chi connectivity index (χ4v) is 3.82. The highest BCUT2D eigenvalue weighted by Gasteiger charge is 2.11. The third-order valence-corrected chi connectivity index (χ3v) is 5.60. The zero-order chi connectivity index (χ0) is 22.9. The molecule has 0 aliphatic carbocycles. The van der Waals surface area contributed by atoms with E-state index >= 15 is 0 Å². The number of fused-ring (bicyclic) bond motifs is 1. The number of para-hydroxylation sites is 2. The van der Waals surface area contributed by atoms with Gasteiger partial charge < -0.3 is 14.6 Å². The molecule has 0 spiro atoms. The Morgan fingerprint density at radius 2 is 1.76 bits per heavy atom. The Morgan fingerprint density at radius 1 is 0.970 bits per heavy atom. The fraction of sp³-hybridized carbons (Fsp3) is 0.296. The number of rotatable bonds is 11. The third-order valence-electron chi connectivity index (χ3n) is 5.60. The second kappa shape index (κ2) is 11.3. The van der Waals surface area contributed by atoms with E-state index in [1.807, 2.05) is 18.2 Å². The number of aromatic nitrogens is 3. The van der Waals surface area contributed by atoms with Crippen molar-refractivity contribution in [2.24, 2.45) is 0 Å². The molecule has 1 N–H and O–H groups in total. The number of hydrogen-bond acceptors (Lipinski definition) is 4. The van der Waals surface area contributed by atoms with Crippen molar-refractivity contribution >= 4 is 16.9 Å². The number of aryl methyl sites for hydroxylation is 3. The average molecular weight is 443 g/mol. The largest absolute Gasteiger partial charge is 0.494 e. The lowest BCUT2D eigenvalue weighted by molar-refractivity contribution is 0.0953. The monoisotopic (exact) mass is 442 g/mol. The van der Waals surface area contributed by atoms with Gasteiger partial charge in [0, 0.05) is 37.5 Å². The van der Waals surface area contributed by atoms with Gasteiger partial charge in [0.2, 0.25) is 0 Å². The Hall–Kier alpha value is -3.67. The number of unbranched alkanes of at least 4 members (excludes halogenated alkanes) is 1. The van der Waals surface area contributed by atoms with Gasteiger partial charge in [-0.05, 0) is 62.6 Å². The number of imidazole rings is 1. The van der Waals surface area contributed by atoms with Crippen LogP contribution in [0.3, 0.4) is 0 Å². The molecule has 0 aliphatic heterocycles. The smallest absolute Gasteiger partial charge is 0.251 e. The Balaban J connectivity index is 1.28. The number of ether oxygens (including phenoxy) is 1. The molecule has 0 saturated heterocycles. The van der Waals surface area contributed by atoms with Crippen LogP contribution in [0.15, 0.2) is 73.1 Å². The summed E-state index contributed by atoms with van der Waals surface area (Å²) in [6.07, 6.45) is 6.88. The Kier molecular flexibility index (Phi) is 7.69. The van der Waals surface area contributed by atoms with Gasteiger partial charge in [0.1, 0.15) is 11.6 Å². The van der Waals surface area contributed by atoms with Crippen molar-refractivity contribution in [3.05, 3.63) is 90.0 Å². The molecule has 0 fully saturated rings. The standard InChI is InChI=1S/C27H30N4O2/c1-21-10-12-23(13-11-21)33-20-5-4-19-31-25-8-3-2-7-24(25)30-26(31)9-6-16-29-27(32)22-14-17-28-18-15-22/h2-3,7-8,10-15,17-18H,4-6,9,16,19-20H2,1H3,(H,29,32). The van der Waals surface area contributed by atoms with Crippen molar-refractivity contribution in [3.63, 3.8) is 0 Å². The minimum atomic E-state index is -0.0699. The molecule has 0 atom stereocenters. The van der Waals surface area contributed by atoms with Crippen LogP contribution in [-0.4, -0.2) is 33.6 Å². The molecule has 6 heteroatoms. The zero-order valence-electron chi connectivity index (χ0n) is 19.0. The average Bonchev–Trinajstić information content (AvgIpc) is 3.20. The Bertz CT molecular complexity index is 1170. The van der Waals surface area contributed by atoms with E-state index in [4.69, 9.17) is 9.72 Å².